The quantitative estimate of drug-likeness (QED) is 0.463. The van der Waals surface area contributed by atoms with Gasteiger partial charge in [-0.15, -0.1) is 0 Å². The van der Waals surface area contributed by atoms with E-state index in [0.29, 0.717) is 25.2 Å². The third-order valence-electron chi connectivity index (χ3n) is 7.27. The summed E-state index contributed by atoms with van der Waals surface area (Å²) >= 11 is 0. The molecule has 0 atom stereocenters. The van der Waals surface area contributed by atoms with Crippen molar-refractivity contribution < 1.29 is 9.53 Å². The lowest BCUT2D eigenvalue weighted by Crippen LogP contribution is -2.31. The van der Waals surface area contributed by atoms with Crippen LogP contribution in [0.25, 0.3) is 10.8 Å². The van der Waals surface area contributed by atoms with Crippen LogP contribution in [0.15, 0.2) is 99.8 Å². The van der Waals surface area contributed by atoms with Crippen molar-refractivity contribution in [3.05, 3.63) is 106 Å². The zero-order valence-corrected chi connectivity index (χ0v) is 20.7. The summed E-state index contributed by atoms with van der Waals surface area (Å²) in [6.07, 6.45) is 7.72. The number of nitrogens with zero attached hydrogens (tertiary/aromatic N) is 2. The number of fused-ring (bicyclic) bond motifs is 1. The van der Waals surface area contributed by atoms with Gasteiger partial charge in [0, 0.05) is 31.3 Å². The van der Waals surface area contributed by atoms with Gasteiger partial charge >= 0.3 is 5.97 Å². The van der Waals surface area contributed by atoms with Crippen LogP contribution in [-0.2, 0) is 16.1 Å². The van der Waals surface area contributed by atoms with Crippen molar-refractivity contribution in [3.8, 4) is 0 Å². The Bertz CT molecular complexity index is 1370. The molecule has 0 bridgehead atoms. The van der Waals surface area contributed by atoms with Gasteiger partial charge in [-0.05, 0) is 77.3 Å². The fourth-order valence-corrected chi connectivity index (χ4v) is 5.57. The first-order valence-corrected chi connectivity index (χ1v) is 12.3. The molecule has 35 heavy (non-hydrogen) atoms. The highest BCUT2D eigenvalue weighted by Crippen LogP contribution is 2.42. The molecule has 5 rings (SSSR count). The van der Waals surface area contributed by atoms with E-state index in [0.717, 1.165) is 36.0 Å². The predicted octanol–water partition coefficient (Wildman–Crippen LogP) is 6.73. The largest absolute Gasteiger partial charge is 0.438 e. The maximum Gasteiger partial charge on any atom is 0.357 e. The van der Waals surface area contributed by atoms with Gasteiger partial charge in [-0.25, -0.2) is 4.79 Å². The van der Waals surface area contributed by atoms with Gasteiger partial charge in [-0.2, -0.15) is 0 Å². The maximum atomic E-state index is 13.6. The summed E-state index contributed by atoms with van der Waals surface area (Å²) in [7, 11) is 0. The molecule has 1 aliphatic carbocycles. The minimum atomic E-state index is -0.369. The Hall–Kier alpha value is -3.66. The molecule has 0 radical (unpaired) electrons. The topological polar surface area (TPSA) is 41.9 Å². The highest BCUT2D eigenvalue weighted by Gasteiger charge is 2.31. The number of allylic oxidation sites excluding steroid dienone is 6. The molecule has 2 aliphatic heterocycles. The second-order valence-electron chi connectivity index (χ2n) is 9.66. The molecule has 3 aliphatic rings. The average molecular weight is 465 g/mol. The Morgan fingerprint density at radius 1 is 1.09 bits per heavy atom. The van der Waals surface area contributed by atoms with E-state index < -0.39 is 0 Å². The first kappa shape index (κ1) is 23.1. The van der Waals surface area contributed by atoms with Crippen molar-refractivity contribution in [3.63, 3.8) is 0 Å². The van der Waals surface area contributed by atoms with E-state index in [-0.39, 0.29) is 12.7 Å². The normalized spacial score (nSPS) is 23.8. The van der Waals surface area contributed by atoms with Crippen molar-refractivity contribution in [1.82, 2.24) is 4.90 Å². The molecule has 4 nitrogen and oxygen atoms in total. The highest BCUT2D eigenvalue weighted by atomic mass is 16.5. The Morgan fingerprint density at radius 2 is 1.89 bits per heavy atom. The van der Waals surface area contributed by atoms with E-state index in [9.17, 15) is 4.79 Å². The second kappa shape index (κ2) is 9.53. The Balaban J connectivity index is 1.71. The molecule has 0 saturated carbocycles. The van der Waals surface area contributed by atoms with E-state index in [2.05, 4.69) is 79.4 Å². The van der Waals surface area contributed by atoms with Gasteiger partial charge in [0.25, 0.3) is 0 Å². The number of aryl methyl sites for hydroxylation is 1. The average Bonchev–Trinajstić information content (AvgIpc) is 3.35. The number of carbonyl (C=O) groups excluding carboxylic acids is 1. The molecule has 0 aromatic heterocycles. The van der Waals surface area contributed by atoms with Crippen molar-refractivity contribution in [1.29, 1.82) is 0 Å². The molecule has 0 N–H and O–H groups in total. The van der Waals surface area contributed by atoms with Gasteiger partial charge in [0.05, 0.1) is 0 Å². The van der Waals surface area contributed by atoms with Gasteiger partial charge in [0.15, 0.2) is 6.73 Å². The van der Waals surface area contributed by atoms with Crippen LogP contribution < -0.4 is 0 Å². The summed E-state index contributed by atoms with van der Waals surface area (Å²) < 4.78 is 5.63. The van der Waals surface area contributed by atoms with Crippen molar-refractivity contribution in [2.45, 2.75) is 46.1 Å². The SMILES string of the molecule is C=C1C/C=N\COC(=O)/C2=C\1C(=C)C1=C(CCC1)/C(C)=C\CN2Cc1cc(C)cc2ccccc12. The van der Waals surface area contributed by atoms with Crippen LogP contribution in [0.4, 0.5) is 0 Å². The van der Waals surface area contributed by atoms with Crippen molar-refractivity contribution in [2.75, 3.05) is 13.3 Å². The highest BCUT2D eigenvalue weighted by molar-refractivity contribution is 5.93. The Morgan fingerprint density at radius 3 is 2.74 bits per heavy atom. The first-order valence-electron chi connectivity index (χ1n) is 12.3. The summed E-state index contributed by atoms with van der Waals surface area (Å²) in [6.45, 7) is 14.4. The van der Waals surface area contributed by atoms with Crippen LogP contribution in [0.2, 0.25) is 0 Å². The Labute approximate surface area is 207 Å². The molecule has 0 spiro atoms. The molecular formula is C31H32N2O2. The minimum absolute atomic E-state index is 0.0133. The number of cyclic esters (lactones) is 1. The molecule has 0 saturated heterocycles. The van der Waals surface area contributed by atoms with Gasteiger partial charge in [-0.1, -0.05) is 61.2 Å². The molecule has 2 heterocycles. The molecule has 4 heteroatoms. The van der Waals surface area contributed by atoms with Crippen LogP contribution in [0, 0.1) is 6.92 Å². The summed E-state index contributed by atoms with van der Waals surface area (Å²) in [4.78, 5) is 20.0. The summed E-state index contributed by atoms with van der Waals surface area (Å²) in [6, 6.07) is 12.9. The van der Waals surface area contributed by atoms with Crippen molar-refractivity contribution in [2.24, 2.45) is 4.99 Å². The van der Waals surface area contributed by atoms with Crippen LogP contribution >= 0.6 is 0 Å². The third kappa shape index (κ3) is 4.41. The van der Waals surface area contributed by atoms with Crippen LogP contribution in [0.5, 0.6) is 0 Å². The summed E-state index contributed by atoms with van der Waals surface area (Å²) in [5.41, 5.74) is 9.37. The van der Waals surface area contributed by atoms with E-state index in [4.69, 9.17) is 4.74 Å². The van der Waals surface area contributed by atoms with E-state index in [1.165, 1.54) is 38.6 Å². The molecular weight excluding hydrogens is 432 g/mol. The standard InChI is InChI=1S/C31H32N2O2/c1-20-16-24-8-5-6-9-28(24)25(17-20)18-33-15-13-21(2)26-10-7-11-27(26)23(4)29-22(3)12-14-32-19-35-31(34)30(29)33/h5-6,8-9,13-14,16-17H,3-4,7,10-12,15,18-19H2,1-2H3/b21-13-,30-29-,32-14-. The zero-order valence-electron chi connectivity index (χ0n) is 20.7. The van der Waals surface area contributed by atoms with E-state index in [1.54, 1.807) is 6.21 Å². The number of hydrogen-bond acceptors (Lipinski definition) is 4. The number of esters is 1. The molecule has 0 fully saturated rings. The number of benzene rings is 2. The number of ether oxygens (including phenoxy) is 1. The minimum Gasteiger partial charge on any atom is -0.438 e. The fourth-order valence-electron chi connectivity index (χ4n) is 5.57. The van der Waals surface area contributed by atoms with E-state index >= 15 is 0 Å². The lowest BCUT2D eigenvalue weighted by Gasteiger charge is -2.29. The fraction of sp³-hybridized carbons (Fsp3) is 0.290. The second-order valence-corrected chi connectivity index (χ2v) is 9.66. The maximum absolute atomic E-state index is 13.6. The number of aliphatic imine (C=N–C) groups is 1. The van der Waals surface area contributed by atoms with Gasteiger partial charge in [-0.3, -0.25) is 4.99 Å². The molecule has 2 aromatic carbocycles. The van der Waals surface area contributed by atoms with Gasteiger partial charge < -0.3 is 9.64 Å². The summed E-state index contributed by atoms with van der Waals surface area (Å²) in [5.74, 6) is -0.369. The lowest BCUT2D eigenvalue weighted by atomic mass is 9.88. The van der Waals surface area contributed by atoms with Crippen molar-refractivity contribution >= 4 is 23.0 Å². The molecule has 178 valence electrons. The monoisotopic (exact) mass is 464 g/mol. The Kier molecular flexibility index (Phi) is 6.29. The zero-order chi connectivity index (χ0) is 24.5. The smallest absolute Gasteiger partial charge is 0.357 e. The number of hydrogen-bond donors (Lipinski definition) is 0. The number of rotatable bonds is 2. The van der Waals surface area contributed by atoms with Crippen LogP contribution in [-0.4, -0.2) is 30.4 Å². The van der Waals surface area contributed by atoms with Gasteiger partial charge in [0.1, 0.15) is 5.70 Å². The summed E-state index contributed by atoms with van der Waals surface area (Å²) in [5, 5.41) is 2.39. The predicted molar refractivity (Wildman–Crippen MR) is 143 cm³/mol. The van der Waals surface area contributed by atoms with Gasteiger partial charge in [0.2, 0.25) is 0 Å². The van der Waals surface area contributed by atoms with Crippen LogP contribution in [0.3, 0.4) is 0 Å². The van der Waals surface area contributed by atoms with E-state index in [1.807, 2.05) is 0 Å². The third-order valence-corrected chi connectivity index (χ3v) is 7.27. The van der Waals surface area contributed by atoms with Crippen LogP contribution in [0.1, 0.15) is 43.7 Å². The number of carbonyl (C=O) groups is 1. The lowest BCUT2D eigenvalue weighted by molar-refractivity contribution is -0.140. The first-order chi connectivity index (χ1) is 16.9. The molecule has 0 unspecified atom stereocenters. The molecule has 0 amide bonds. The molecule has 2 aromatic rings.